The van der Waals surface area contributed by atoms with Gasteiger partial charge in [0, 0.05) is 38.0 Å². The number of carbonyl (C=O) groups excluding carboxylic acids is 3. The van der Waals surface area contributed by atoms with E-state index in [1.54, 1.807) is 37.3 Å². The molecule has 0 aliphatic carbocycles. The second kappa shape index (κ2) is 12.2. The first kappa shape index (κ1) is 28.0. The maximum Gasteiger partial charge on any atom is 0.269 e. The maximum absolute atomic E-state index is 14.6. The standard InChI is InChI=1S/C29H30FN3O5S/c1-2-31-28(35)25(19-21-11-4-3-5-12-21)32(20-22-13-6-8-15-24(22)30)27(34)17-10-18-33-29(36)23-14-7-9-16-26(23)39(33,37)38/h3-9,11-16,25H,2,10,17-20H2,1H3,(H,31,35). The second-order valence-electron chi connectivity index (χ2n) is 9.20. The summed E-state index contributed by atoms with van der Waals surface area (Å²) in [6, 6.07) is 20.3. The van der Waals surface area contributed by atoms with Crippen molar-refractivity contribution in [1.29, 1.82) is 0 Å². The van der Waals surface area contributed by atoms with Crippen LogP contribution in [0.4, 0.5) is 4.39 Å². The lowest BCUT2D eigenvalue weighted by atomic mass is 10.0. The number of halogens is 1. The van der Waals surface area contributed by atoms with Gasteiger partial charge in [0.1, 0.15) is 16.8 Å². The average Bonchev–Trinajstić information content (AvgIpc) is 3.12. The van der Waals surface area contributed by atoms with Gasteiger partial charge in [-0.1, -0.05) is 60.7 Å². The van der Waals surface area contributed by atoms with E-state index in [0.717, 1.165) is 9.87 Å². The van der Waals surface area contributed by atoms with E-state index in [9.17, 15) is 27.2 Å². The lowest BCUT2D eigenvalue weighted by molar-refractivity contribution is -0.141. The summed E-state index contributed by atoms with van der Waals surface area (Å²) in [5.41, 5.74) is 1.18. The Labute approximate surface area is 227 Å². The number of benzene rings is 3. The number of likely N-dealkylation sites (N-methyl/N-ethyl adjacent to an activating group) is 1. The van der Waals surface area contributed by atoms with Gasteiger partial charge in [0.25, 0.3) is 15.9 Å². The van der Waals surface area contributed by atoms with Gasteiger partial charge in [-0.3, -0.25) is 14.4 Å². The van der Waals surface area contributed by atoms with Crippen molar-refractivity contribution < 1.29 is 27.2 Å². The number of carbonyl (C=O) groups is 3. The molecule has 1 heterocycles. The predicted octanol–water partition coefficient (Wildman–Crippen LogP) is 3.53. The van der Waals surface area contributed by atoms with Crippen LogP contribution in [0, 0.1) is 5.82 Å². The molecule has 1 aliphatic heterocycles. The monoisotopic (exact) mass is 551 g/mol. The minimum absolute atomic E-state index is 0.0407. The Morgan fingerprint density at radius 1 is 0.974 bits per heavy atom. The van der Waals surface area contributed by atoms with E-state index in [1.165, 1.54) is 23.1 Å². The van der Waals surface area contributed by atoms with Gasteiger partial charge >= 0.3 is 0 Å². The summed E-state index contributed by atoms with van der Waals surface area (Å²) in [4.78, 5) is 40.8. The van der Waals surface area contributed by atoms with Gasteiger partial charge in [0.05, 0.1) is 5.56 Å². The van der Waals surface area contributed by atoms with Crippen molar-refractivity contribution >= 4 is 27.7 Å². The number of amides is 3. The summed E-state index contributed by atoms with van der Waals surface area (Å²) in [5, 5.41) is 2.77. The fourth-order valence-electron chi connectivity index (χ4n) is 4.63. The van der Waals surface area contributed by atoms with Crippen molar-refractivity contribution in [3.63, 3.8) is 0 Å². The minimum atomic E-state index is -4.00. The highest BCUT2D eigenvalue weighted by molar-refractivity contribution is 7.90. The largest absolute Gasteiger partial charge is 0.355 e. The van der Waals surface area contributed by atoms with Gasteiger partial charge in [0.15, 0.2) is 0 Å². The van der Waals surface area contributed by atoms with E-state index in [-0.39, 0.29) is 54.3 Å². The number of nitrogens with zero attached hydrogens (tertiary/aromatic N) is 2. The predicted molar refractivity (Wildman–Crippen MR) is 143 cm³/mol. The van der Waals surface area contributed by atoms with Crippen LogP contribution in [0.1, 0.15) is 41.3 Å². The molecule has 39 heavy (non-hydrogen) atoms. The molecule has 0 aromatic heterocycles. The van der Waals surface area contributed by atoms with E-state index in [1.807, 2.05) is 30.3 Å². The fraction of sp³-hybridized carbons (Fsp3) is 0.276. The molecule has 1 atom stereocenters. The lowest BCUT2D eigenvalue weighted by Gasteiger charge is -2.32. The molecule has 1 aliphatic rings. The molecule has 0 bridgehead atoms. The van der Waals surface area contributed by atoms with Gasteiger partial charge in [-0.15, -0.1) is 0 Å². The molecule has 0 spiro atoms. The molecule has 0 fully saturated rings. The first-order valence-electron chi connectivity index (χ1n) is 12.7. The number of fused-ring (bicyclic) bond motifs is 1. The molecule has 4 rings (SSSR count). The Morgan fingerprint density at radius 3 is 2.33 bits per heavy atom. The summed E-state index contributed by atoms with van der Waals surface area (Å²) < 4.78 is 41.1. The summed E-state index contributed by atoms with van der Waals surface area (Å²) in [5.74, 6) is -1.97. The van der Waals surface area contributed by atoms with Crippen LogP contribution in [-0.4, -0.2) is 54.5 Å². The molecule has 10 heteroatoms. The molecule has 1 N–H and O–H groups in total. The first-order valence-corrected chi connectivity index (χ1v) is 14.2. The van der Waals surface area contributed by atoms with E-state index in [4.69, 9.17) is 0 Å². The maximum atomic E-state index is 14.6. The summed E-state index contributed by atoms with van der Waals surface area (Å²) >= 11 is 0. The van der Waals surface area contributed by atoms with Crippen molar-refractivity contribution in [3.8, 4) is 0 Å². The van der Waals surface area contributed by atoms with Crippen LogP contribution in [0.15, 0.2) is 83.8 Å². The summed E-state index contributed by atoms with van der Waals surface area (Å²) in [6.07, 6.45) is 0.106. The smallest absolute Gasteiger partial charge is 0.269 e. The molecule has 3 aromatic rings. The number of sulfonamides is 1. The fourth-order valence-corrected chi connectivity index (χ4v) is 6.23. The van der Waals surface area contributed by atoms with Crippen LogP contribution >= 0.6 is 0 Å². The minimum Gasteiger partial charge on any atom is -0.355 e. The zero-order valence-corrected chi connectivity index (χ0v) is 22.4. The molecule has 204 valence electrons. The van der Waals surface area contributed by atoms with Gasteiger partial charge in [-0.2, -0.15) is 0 Å². The number of rotatable bonds is 11. The van der Waals surface area contributed by atoms with Crippen LogP contribution in [0.5, 0.6) is 0 Å². The van der Waals surface area contributed by atoms with Crippen molar-refractivity contribution in [2.45, 2.75) is 43.7 Å². The normalized spacial score (nSPS) is 14.5. The van der Waals surface area contributed by atoms with E-state index in [2.05, 4.69) is 5.32 Å². The topological polar surface area (TPSA) is 104 Å². The first-order chi connectivity index (χ1) is 18.7. The van der Waals surface area contributed by atoms with Crippen LogP contribution in [0.3, 0.4) is 0 Å². The molecule has 3 amide bonds. The Balaban J connectivity index is 1.56. The summed E-state index contributed by atoms with van der Waals surface area (Å²) in [7, 11) is -4.00. The third-order valence-electron chi connectivity index (χ3n) is 6.58. The highest BCUT2D eigenvalue weighted by Gasteiger charge is 2.40. The van der Waals surface area contributed by atoms with Gasteiger partial charge < -0.3 is 10.2 Å². The third-order valence-corrected chi connectivity index (χ3v) is 8.42. The molecule has 0 saturated carbocycles. The van der Waals surface area contributed by atoms with Crippen LogP contribution in [-0.2, 0) is 32.6 Å². The van der Waals surface area contributed by atoms with Crippen LogP contribution in [0.25, 0.3) is 0 Å². The number of hydrogen-bond acceptors (Lipinski definition) is 5. The molecule has 1 unspecified atom stereocenters. The molecule has 3 aromatic carbocycles. The van der Waals surface area contributed by atoms with Gasteiger partial charge in [-0.25, -0.2) is 17.1 Å². The Kier molecular flexibility index (Phi) is 8.75. The van der Waals surface area contributed by atoms with Gasteiger partial charge in [0.2, 0.25) is 11.8 Å². The van der Waals surface area contributed by atoms with Crippen molar-refractivity contribution in [1.82, 2.24) is 14.5 Å². The van der Waals surface area contributed by atoms with Crippen LogP contribution in [0.2, 0.25) is 0 Å². The Morgan fingerprint density at radius 2 is 1.64 bits per heavy atom. The quantitative estimate of drug-likeness (QED) is 0.393. The van der Waals surface area contributed by atoms with E-state index >= 15 is 0 Å². The lowest BCUT2D eigenvalue weighted by Crippen LogP contribution is -2.50. The second-order valence-corrected chi connectivity index (χ2v) is 11.0. The average molecular weight is 552 g/mol. The van der Waals surface area contributed by atoms with E-state index in [0.29, 0.717) is 6.54 Å². The SMILES string of the molecule is CCNC(=O)C(Cc1ccccc1)N(Cc1ccccc1F)C(=O)CCCN1C(=O)c2ccccc2S1(=O)=O. The summed E-state index contributed by atoms with van der Waals surface area (Å²) in [6.45, 7) is 1.78. The van der Waals surface area contributed by atoms with Crippen LogP contribution < -0.4 is 5.32 Å². The number of nitrogens with one attached hydrogen (secondary N) is 1. The third kappa shape index (κ3) is 6.17. The molecular weight excluding hydrogens is 521 g/mol. The molecule has 0 saturated heterocycles. The Hall–Kier alpha value is -4.05. The highest BCUT2D eigenvalue weighted by Crippen LogP contribution is 2.30. The Bertz CT molecular complexity index is 1460. The molecular formula is C29H30FN3O5S. The van der Waals surface area contributed by atoms with E-state index < -0.39 is 33.7 Å². The van der Waals surface area contributed by atoms with Crippen molar-refractivity contribution in [3.05, 3.63) is 101 Å². The molecule has 8 nitrogen and oxygen atoms in total. The van der Waals surface area contributed by atoms with Crippen molar-refractivity contribution in [2.75, 3.05) is 13.1 Å². The van der Waals surface area contributed by atoms with Gasteiger partial charge in [-0.05, 0) is 37.1 Å². The highest BCUT2D eigenvalue weighted by atomic mass is 32.2. The zero-order valence-electron chi connectivity index (χ0n) is 21.5. The molecule has 0 radical (unpaired) electrons. The number of hydrogen-bond donors (Lipinski definition) is 1. The van der Waals surface area contributed by atoms with Crippen molar-refractivity contribution in [2.24, 2.45) is 0 Å². The zero-order chi connectivity index (χ0) is 28.0.